The average Bonchev–Trinajstić information content (AvgIpc) is 2.79. The van der Waals surface area contributed by atoms with E-state index in [1.807, 2.05) is 10.8 Å². The van der Waals surface area contributed by atoms with Gasteiger partial charge in [0.15, 0.2) is 0 Å². The van der Waals surface area contributed by atoms with Crippen LogP contribution in [-0.4, -0.2) is 25.0 Å². The van der Waals surface area contributed by atoms with Gasteiger partial charge in [-0.3, -0.25) is 9.98 Å². The normalized spacial score (nSPS) is 28.6. The van der Waals surface area contributed by atoms with Crippen LogP contribution < -0.4 is 5.62 Å². The largest absolute Gasteiger partial charge is 0.299 e. The minimum Gasteiger partial charge on any atom is -0.299 e. The Hall–Kier alpha value is -0.200. The van der Waals surface area contributed by atoms with Crippen molar-refractivity contribution in [2.45, 2.75) is 44.5 Å². The molecule has 1 aromatic rings. The fraction of sp³-hybridized carbons (Fsp3) is 0.583. The topological polar surface area (TPSA) is 65.5 Å². The van der Waals surface area contributed by atoms with Crippen molar-refractivity contribution in [2.75, 3.05) is 6.26 Å². The lowest BCUT2D eigenvalue weighted by atomic mass is 9.94. The number of nitriles is 1. The molecule has 0 spiro atoms. The number of rotatable bonds is 1. The summed E-state index contributed by atoms with van der Waals surface area (Å²) in [5.74, 6) is 0. The van der Waals surface area contributed by atoms with E-state index in [9.17, 15) is 5.26 Å². The molecule has 1 aromatic heterocycles. The van der Waals surface area contributed by atoms with Gasteiger partial charge in [0, 0.05) is 9.17 Å². The lowest BCUT2D eigenvalue weighted by Gasteiger charge is -2.30. The van der Waals surface area contributed by atoms with Crippen molar-refractivity contribution in [2.24, 2.45) is 0 Å². The van der Waals surface area contributed by atoms with Crippen LogP contribution in [0.1, 0.15) is 30.9 Å². The summed E-state index contributed by atoms with van der Waals surface area (Å²) in [6.45, 7) is 0. The van der Waals surface area contributed by atoms with Crippen molar-refractivity contribution in [1.82, 2.24) is 9.55 Å². The molecule has 2 heterocycles. The number of aromatic nitrogens is 2. The number of nitrogens with zero attached hydrogens (tertiary/aromatic N) is 3. The van der Waals surface area contributed by atoms with Gasteiger partial charge in [-0.15, -0.1) is 23.5 Å². The Morgan fingerprint density at radius 3 is 3.05 bits per heavy atom. The van der Waals surface area contributed by atoms with Crippen LogP contribution in [0.4, 0.5) is 0 Å². The zero-order valence-electron chi connectivity index (χ0n) is 10.4. The minimum atomic E-state index is 0.307. The Morgan fingerprint density at radius 1 is 1.58 bits per heavy atom. The zero-order valence-corrected chi connectivity index (χ0v) is 14.2. The number of hydrogen-bond acceptors (Lipinski definition) is 5. The summed E-state index contributed by atoms with van der Waals surface area (Å²) >= 11 is 5.73. The maximum atomic E-state index is 9.41. The van der Waals surface area contributed by atoms with E-state index in [4.69, 9.17) is 5.41 Å². The van der Waals surface area contributed by atoms with Gasteiger partial charge < -0.3 is 0 Å². The highest BCUT2D eigenvalue weighted by Crippen LogP contribution is 2.50. The molecule has 0 saturated heterocycles. The second-order valence-corrected chi connectivity index (χ2v) is 8.32. The maximum absolute atomic E-state index is 9.41. The van der Waals surface area contributed by atoms with E-state index in [1.54, 1.807) is 11.8 Å². The summed E-state index contributed by atoms with van der Waals surface area (Å²) < 4.78 is 2.54. The summed E-state index contributed by atoms with van der Waals surface area (Å²) in [4.78, 5) is 4.31. The molecule has 1 aliphatic heterocycles. The van der Waals surface area contributed by atoms with Crippen LogP contribution in [0.15, 0.2) is 10.1 Å². The number of hydrogen-bond donors (Lipinski definition) is 1. The molecule has 3 rings (SSSR count). The molecule has 19 heavy (non-hydrogen) atoms. The van der Waals surface area contributed by atoms with Gasteiger partial charge in [0.2, 0.25) is 5.62 Å². The van der Waals surface area contributed by atoms with Gasteiger partial charge in [0.1, 0.15) is 16.7 Å². The second kappa shape index (κ2) is 5.30. The summed E-state index contributed by atoms with van der Waals surface area (Å²) in [5.41, 5.74) is 0.966. The third-order valence-electron chi connectivity index (χ3n) is 3.67. The van der Waals surface area contributed by atoms with Crippen LogP contribution in [0.5, 0.6) is 0 Å². The standard InChI is InChI=1S/C12H13IN4S2/c1-18-10-6(5-14)11-17(12(15)16-10)9-7(13)3-2-4-8(9)19-11/h7-9,15H,2-4H2,1H3/t7-,8-,9+/m0/s1. The molecule has 0 unspecified atom stereocenters. The smallest absolute Gasteiger partial charge is 0.224 e. The monoisotopic (exact) mass is 404 g/mol. The van der Waals surface area contributed by atoms with Crippen molar-refractivity contribution >= 4 is 46.1 Å². The SMILES string of the molecule is CSc1nc(=N)n2c(c1C#N)S[C@H]1CCC[C@H](I)[C@H]12. The number of halogens is 1. The van der Waals surface area contributed by atoms with E-state index in [0.29, 0.717) is 31.4 Å². The van der Waals surface area contributed by atoms with Gasteiger partial charge in [0.25, 0.3) is 0 Å². The van der Waals surface area contributed by atoms with Gasteiger partial charge in [-0.1, -0.05) is 29.0 Å². The predicted octanol–water partition coefficient (Wildman–Crippen LogP) is 2.96. The highest BCUT2D eigenvalue weighted by atomic mass is 127. The third-order valence-corrected chi connectivity index (χ3v) is 7.15. The molecule has 0 amide bonds. The molecule has 1 saturated carbocycles. The van der Waals surface area contributed by atoms with Crippen molar-refractivity contribution < 1.29 is 0 Å². The van der Waals surface area contributed by atoms with Gasteiger partial charge in [-0.25, -0.2) is 4.98 Å². The first-order valence-corrected chi connectivity index (χ1v) is 9.48. The van der Waals surface area contributed by atoms with E-state index in [1.165, 1.54) is 31.0 Å². The molecular weight excluding hydrogens is 391 g/mol. The molecule has 1 fully saturated rings. The van der Waals surface area contributed by atoms with E-state index >= 15 is 0 Å². The van der Waals surface area contributed by atoms with E-state index < -0.39 is 0 Å². The van der Waals surface area contributed by atoms with Crippen LogP contribution in [0.2, 0.25) is 0 Å². The summed E-state index contributed by atoms with van der Waals surface area (Å²) in [5, 5.41) is 19.8. The highest BCUT2D eigenvalue weighted by Gasteiger charge is 2.42. The molecule has 1 aliphatic carbocycles. The molecular formula is C12H13IN4S2. The van der Waals surface area contributed by atoms with Gasteiger partial charge >= 0.3 is 0 Å². The summed E-state index contributed by atoms with van der Waals surface area (Å²) in [7, 11) is 0. The molecule has 4 nitrogen and oxygen atoms in total. The Balaban J connectivity index is 2.22. The molecule has 0 radical (unpaired) electrons. The van der Waals surface area contributed by atoms with Crippen LogP contribution in [-0.2, 0) is 0 Å². The van der Waals surface area contributed by atoms with E-state index in [0.717, 1.165) is 5.03 Å². The number of alkyl halides is 1. The van der Waals surface area contributed by atoms with Gasteiger partial charge in [-0.05, 0) is 19.1 Å². The van der Waals surface area contributed by atoms with E-state index in [-0.39, 0.29) is 0 Å². The van der Waals surface area contributed by atoms with Crippen LogP contribution in [0, 0.1) is 16.7 Å². The molecule has 100 valence electrons. The molecule has 1 N–H and O–H groups in total. The van der Waals surface area contributed by atoms with Crippen molar-refractivity contribution in [1.29, 1.82) is 10.7 Å². The Morgan fingerprint density at radius 2 is 2.37 bits per heavy atom. The number of fused-ring (bicyclic) bond motifs is 3. The average molecular weight is 404 g/mol. The molecule has 3 atom stereocenters. The molecule has 7 heteroatoms. The second-order valence-electron chi connectivity index (χ2n) is 4.70. The Labute approximate surface area is 134 Å². The van der Waals surface area contributed by atoms with Gasteiger partial charge in [0.05, 0.1) is 11.1 Å². The summed E-state index contributed by atoms with van der Waals surface area (Å²) in [6, 6.07) is 2.62. The number of thioether (sulfide) groups is 2. The molecule has 0 bridgehead atoms. The lowest BCUT2D eigenvalue weighted by Crippen LogP contribution is -2.36. The highest BCUT2D eigenvalue weighted by molar-refractivity contribution is 14.1. The molecule has 0 aromatic carbocycles. The van der Waals surface area contributed by atoms with Gasteiger partial charge in [-0.2, -0.15) is 5.26 Å². The van der Waals surface area contributed by atoms with Crippen LogP contribution in [0.3, 0.4) is 0 Å². The fourth-order valence-electron chi connectivity index (χ4n) is 2.84. The number of nitrogens with one attached hydrogen (secondary N) is 1. The first kappa shape index (κ1) is 13.8. The quantitative estimate of drug-likeness (QED) is 0.338. The maximum Gasteiger partial charge on any atom is 0.224 e. The summed E-state index contributed by atoms with van der Waals surface area (Å²) in [6.07, 6.45) is 5.53. The van der Waals surface area contributed by atoms with E-state index in [2.05, 4.69) is 33.6 Å². The third kappa shape index (κ3) is 2.12. The fourth-order valence-corrected chi connectivity index (χ4v) is 6.58. The Bertz CT molecular complexity index is 621. The minimum absolute atomic E-state index is 0.307. The Kier molecular flexibility index (Phi) is 3.84. The van der Waals surface area contributed by atoms with Crippen molar-refractivity contribution in [3.63, 3.8) is 0 Å². The molecule has 2 aliphatic rings. The van der Waals surface area contributed by atoms with Crippen LogP contribution in [0.25, 0.3) is 0 Å². The first-order valence-electron chi connectivity index (χ1n) is 6.13. The lowest BCUT2D eigenvalue weighted by molar-refractivity contribution is 0.366. The predicted molar refractivity (Wildman–Crippen MR) is 84.9 cm³/mol. The first-order chi connectivity index (χ1) is 9.17. The van der Waals surface area contributed by atoms with Crippen molar-refractivity contribution in [3.05, 3.63) is 11.2 Å². The van der Waals surface area contributed by atoms with Crippen molar-refractivity contribution in [3.8, 4) is 6.07 Å². The van der Waals surface area contributed by atoms with Crippen LogP contribution >= 0.6 is 46.1 Å². The zero-order chi connectivity index (χ0) is 13.6.